The van der Waals surface area contributed by atoms with E-state index < -0.39 is 6.17 Å². The summed E-state index contributed by atoms with van der Waals surface area (Å²) < 4.78 is 6.63. The number of fused-ring (bicyclic) bond motifs is 7. The van der Waals surface area contributed by atoms with Gasteiger partial charge in [0.05, 0.1) is 0 Å². The molecule has 1 aromatic heterocycles. The van der Waals surface area contributed by atoms with Crippen LogP contribution in [-0.2, 0) is 0 Å². The standard InChI is InChI=1S/C47H29N3O/c1-2-11-29(12-3-1)45-48-46(32-21-20-28-10-4-5-13-30(28)26-32)50-47(49-45)40-18-9-19-41-44(40)39-23-22-31(27-42(39)51-41)33-24-25-38-35-15-7-6-14-34(35)37-17-8-16-36(33)43(37)38/h1-27,47H,(H,48,49,50). The predicted octanol–water partition coefficient (Wildman–Crippen LogP) is 11.7. The Labute approximate surface area is 294 Å². The van der Waals surface area contributed by atoms with Crippen LogP contribution < -0.4 is 5.32 Å². The van der Waals surface area contributed by atoms with Crippen molar-refractivity contribution in [1.82, 2.24) is 5.32 Å². The largest absolute Gasteiger partial charge is 0.456 e. The van der Waals surface area contributed by atoms with Crippen molar-refractivity contribution in [2.45, 2.75) is 6.17 Å². The summed E-state index contributed by atoms with van der Waals surface area (Å²) in [6, 6.07) is 57.9. The lowest BCUT2D eigenvalue weighted by molar-refractivity contribution is 0.668. The maximum absolute atomic E-state index is 6.63. The third kappa shape index (κ3) is 4.33. The average molecular weight is 652 g/mol. The first kappa shape index (κ1) is 28.1. The van der Waals surface area contributed by atoms with Crippen LogP contribution in [0.4, 0.5) is 0 Å². The number of aliphatic imine (C=N–C) groups is 2. The van der Waals surface area contributed by atoms with Crippen LogP contribution in [0.3, 0.4) is 0 Å². The van der Waals surface area contributed by atoms with E-state index in [-0.39, 0.29) is 0 Å². The SMILES string of the molecule is c1ccc(C2=NC(c3cccc4oc5cc(-c6ccc7c8c(cccc68)-c6ccccc6-7)ccc5c34)N=C(c3ccc4ccccc4c3)N2)cc1. The molecule has 0 saturated carbocycles. The summed E-state index contributed by atoms with van der Waals surface area (Å²) >= 11 is 0. The van der Waals surface area contributed by atoms with E-state index in [4.69, 9.17) is 14.4 Å². The van der Waals surface area contributed by atoms with Crippen LogP contribution in [0.1, 0.15) is 22.9 Å². The molecular formula is C47H29N3O. The van der Waals surface area contributed by atoms with Gasteiger partial charge >= 0.3 is 0 Å². The Bertz CT molecular complexity index is 2920. The summed E-state index contributed by atoms with van der Waals surface area (Å²) in [5.41, 5.74) is 12.3. The number of nitrogens with zero attached hydrogens (tertiary/aromatic N) is 2. The second-order valence-electron chi connectivity index (χ2n) is 13.3. The zero-order chi connectivity index (χ0) is 33.5. The fraction of sp³-hybridized carbons (Fsp3) is 0.0213. The molecule has 0 bridgehead atoms. The summed E-state index contributed by atoms with van der Waals surface area (Å²) in [7, 11) is 0. The molecule has 0 fully saturated rings. The van der Waals surface area contributed by atoms with Crippen LogP contribution in [0.5, 0.6) is 0 Å². The smallest absolute Gasteiger partial charge is 0.170 e. The first-order valence-corrected chi connectivity index (χ1v) is 17.4. The van der Waals surface area contributed by atoms with Gasteiger partial charge in [-0.2, -0.15) is 0 Å². The van der Waals surface area contributed by atoms with Gasteiger partial charge in [0, 0.05) is 27.5 Å². The quantitative estimate of drug-likeness (QED) is 0.206. The highest BCUT2D eigenvalue weighted by atomic mass is 16.3. The Kier molecular flexibility index (Phi) is 5.98. The van der Waals surface area contributed by atoms with Gasteiger partial charge in [-0.3, -0.25) is 0 Å². The minimum Gasteiger partial charge on any atom is -0.456 e. The normalized spacial score (nSPS) is 14.9. The maximum Gasteiger partial charge on any atom is 0.170 e. The number of furan rings is 1. The fourth-order valence-corrected chi connectivity index (χ4v) is 8.11. The van der Waals surface area contributed by atoms with Crippen molar-refractivity contribution in [3.05, 3.63) is 180 Å². The van der Waals surface area contributed by atoms with Crippen LogP contribution in [0.2, 0.25) is 0 Å². The zero-order valence-corrected chi connectivity index (χ0v) is 27.5. The van der Waals surface area contributed by atoms with E-state index in [0.717, 1.165) is 55.9 Å². The lowest BCUT2D eigenvalue weighted by atomic mass is 9.93. The van der Waals surface area contributed by atoms with Crippen molar-refractivity contribution in [3.8, 4) is 33.4 Å². The summed E-state index contributed by atoms with van der Waals surface area (Å²) in [4.78, 5) is 10.5. The number of rotatable bonds is 4. The van der Waals surface area contributed by atoms with Gasteiger partial charge in [0.2, 0.25) is 0 Å². The highest BCUT2D eigenvalue weighted by molar-refractivity contribution is 6.20. The van der Waals surface area contributed by atoms with Gasteiger partial charge in [-0.1, -0.05) is 140 Å². The Balaban J connectivity index is 1.06. The van der Waals surface area contributed by atoms with Gasteiger partial charge in [-0.05, 0) is 79.2 Å². The van der Waals surface area contributed by atoms with Crippen molar-refractivity contribution in [2.24, 2.45) is 9.98 Å². The van der Waals surface area contributed by atoms with Crippen molar-refractivity contribution in [1.29, 1.82) is 0 Å². The number of amidine groups is 2. The molecule has 1 aliphatic heterocycles. The third-order valence-electron chi connectivity index (χ3n) is 10.5. The molecule has 51 heavy (non-hydrogen) atoms. The van der Waals surface area contributed by atoms with E-state index in [9.17, 15) is 0 Å². The fourth-order valence-electron chi connectivity index (χ4n) is 8.11. The number of hydrogen-bond donors (Lipinski definition) is 1. The predicted molar refractivity (Wildman–Crippen MR) is 210 cm³/mol. The van der Waals surface area contributed by atoms with Crippen molar-refractivity contribution >= 4 is 55.2 Å². The summed E-state index contributed by atoms with van der Waals surface area (Å²) in [5.74, 6) is 1.58. The number of benzene rings is 8. The molecular weight excluding hydrogens is 623 g/mol. The zero-order valence-electron chi connectivity index (χ0n) is 27.5. The highest BCUT2D eigenvalue weighted by Gasteiger charge is 2.25. The van der Waals surface area contributed by atoms with E-state index in [0.29, 0.717) is 0 Å². The maximum atomic E-state index is 6.63. The summed E-state index contributed by atoms with van der Waals surface area (Å²) in [6.07, 6.45) is -0.467. The topological polar surface area (TPSA) is 49.9 Å². The molecule has 1 N–H and O–H groups in total. The van der Waals surface area contributed by atoms with Gasteiger partial charge < -0.3 is 9.73 Å². The van der Waals surface area contributed by atoms with E-state index in [1.165, 1.54) is 49.4 Å². The molecule has 0 radical (unpaired) electrons. The molecule has 4 heteroatoms. The average Bonchev–Trinajstić information content (AvgIpc) is 3.74. The first-order chi connectivity index (χ1) is 25.3. The van der Waals surface area contributed by atoms with E-state index in [2.05, 4.69) is 139 Å². The lowest BCUT2D eigenvalue weighted by Gasteiger charge is -2.23. The van der Waals surface area contributed by atoms with Crippen LogP contribution in [0.15, 0.2) is 178 Å². The molecule has 0 saturated heterocycles. The van der Waals surface area contributed by atoms with Crippen molar-refractivity contribution in [2.75, 3.05) is 0 Å². The second-order valence-corrected chi connectivity index (χ2v) is 13.3. The molecule has 238 valence electrons. The molecule has 2 aliphatic rings. The lowest BCUT2D eigenvalue weighted by Crippen LogP contribution is -2.36. The van der Waals surface area contributed by atoms with Crippen LogP contribution in [0, 0.1) is 0 Å². The highest BCUT2D eigenvalue weighted by Crippen LogP contribution is 2.49. The van der Waals surface area contributed by atoms with Gasteiger partial charge in [0.15, 0.2) is 6.17 Å². The van der Waals surface area contributed by atoms with Crippen LogP contribution in [0.25, 0.3) is 76.9 Å². The molecule has 1 aliphatic carbocycles. The van der Waals surface area contributed by atoms with E-state index in [1.807, 2.05) is 30.3 Å². The Morgan fingerprint density at radius 3 is 1.96 bits per heavy atom. The third-order valence-corrected chi connectivity index (χ3v) is 10.5. The molecule has 9 aromatic rings. The summed E-state index contributed by atoms with van der Waals surface area (Å²) in [5, 5.41) is 10.6. The molecule has 8 aromatic carbocycles. The second kappa shape index (κ2) is 10.9. The minimum absolute atomic E-state index is 0.467. The van der Waals surface area contributed by atoms with Gasteiger partial charge in [-0.25, -0.2) is 9.98 Å². The minimum atomic E-state index is -0.467. The molecule has 11 rings (SSSR count). The van der Waals surface area contributed by atoms with Gasteiger partial charge in [0.25, 0.3) is 0 Å². The molecule has 0 spiro atoms. The Morgan fingerprint density at radius 2 is 1.10 bits per heavy atom. The molecule has 4 nitrogen and oxygen atoms in total. The van der Waals surface area contributed by atoms with E-state index >= 15 is 0 Å². The van der Waals surface area contributed by atoms with Gasteiger partial charge in [-0.15, -0.1) is 0 Å². The monoisotopic (exact) mass is 651 g/mol. The van der Waals surface area contributed by atoms with Crippen molar-refractivity contribution < 1.29 is 4.42 Å². The first-order valence-electron chi connectivity index (χ1n) is 17.4. The molecule has 2 heterocycles. The van der Waals surface area contributed by atoms with Crippen LogP contribution >= 0.6 is 0 Å². The Hall–Kier alpha value is -6.78. The molecule has 1 atom stereocenters. The summed E-state index contributed by atoms with van der Waals surface area (Å²) in [6.45, 7) is 0. The number of hydrogen-bond acceptors (Lipinski definition) is 4. The number of nitrogens with one attached hydrogen (secondary N) is 1. The van der Waals surface area contributed by atoms with Gasteiger partial charge in [0.1, 0.15) is 22.8 Å². The Morgan fingerprint density at radius 1 is 0.412 bits per heavy atom. The van der Waals surface area contributed by atoms with Crippen LogP contribution in [-0.4, -0.2) is 11.7 Å². The van der Waals surface area contributed by atoms with E-state index in [1.54, 1.807) is 0 Å². The molecule has 0 amide bonds. The molecule has 1 unspecified atom stereocenters. The van der Waals surface area contributed by atoms with Crippen molar-refractivity contribution in [3.63, 3.8) is 0 Å².